The third-order valence-electron chi connectivity index (χ3n) is 1.05. The first kappa shape index (κ1) is 9.15. The van der Waals surface area contributed by atoms with Gasteiger partial charge in [-0.25, -0.2) is 0 Å². The van der Waals surface area contributed by atoms with Gasteiger partial charge in [0.15, 0.2) is 6.10 Å². The Balaban J connectivity index is 3.52. The van der Waals surface area contributed by atoms with E-state index in [1.54, 1.807) is 19.1 Å². The molecular formula is C7H11NO2. The molecule has 0 aliphatic rings. The van der Waals surface area contributed by atoms with Gasteiger partial charge in [-0.2, -0.15) is 5.26 Å². The molecule has 2 atom stereocenters. The molecule has 0 aromatic rings. The zero-order valence-corrected chi connectivity index (χ0v) is 5.95. The molecular weight excluding hydrogens is 130 g/mol. The smallest absolute Gasteiger partial charge is 0.166 e. The highest BCUT2D eigenvalue weighted by molar-refractivity contribution is 4.87. The highest BCUT2D eigenvalue weighted by Gasteiger charge is 2.11. The summed E-state index contributed by atoms with van der Waals surface area (Å²) in [6.07, 6.45) is 0.0867. The van der Waals surface area contributed by atoms with Gasteiger partial charge < -0.3 is 9.84 Å². The minimum Gasteiger partial charge on any atom is -0.375 e. The first-order chi connectivity index (χ1) is 4.72. The van der Waals surface area contributed by atoms with Crippen molar-refractivity contribution in [2.45, 2.75) is 19.1 Å². The first-order valence-corrected chi connectivity index (χ1v) is 3.02. The molecule has 0 bridgehead atoms. The highest BCUT2D eigenvalue weighted by atomic mass is 16.5. The van der Waals surface area contributed by atoms with Crippen molar-refractivity contribution in [2.75, 3.05) is 6.61 Å². The second-order valence-corrected chi connectivity index (χ2v) is 1.90. The summed E-state index contributed by atoms with van der Waals surface area (Å²) in [5, 5.41) is 17.0. The van der Waals surface area contributed by atoms with Crippen molar-refractivity contribution < 1.29 is 9.84 Å². The number of rotatable bonds is 4. The predicted molar refractivity (Wildman–Crippen MR) is 37.2 cm³/mol. The molecule has 1 unspecified atom stereocenters. The Morgan fingerprint density at radius 3 is 2.90 bits per heavy atom. The maximum absolute atomic E-state index is 8.83. The summed E-state index contributed by atoms with van der Waals surface area (Å²) in [6, 6.07) is 1.67. The van der Waals surface area contributed by atoms with Crippen LogP contribution in [-0.4, -0.2) is 23.9 Å². The van der Waals surface area contributed by atoms with Crippen LogP contribution in [0.1, 0.15) is 6.92 Å². The molecule has 0 saturated carbocycles. The second kappa shape index (κ2) is 4.98. The zero-order chi connectivity index (χ0) is 7.98. The fraction of sp³-hybridized carbons (Fsp3) is 0.571. The molecule has 0 fully saturated rings. The molecule has 0 aliphatic heterocycles. The number of aliphatic hydroxyl groups excluding tert-OH is 1. The molecule has 0 heterocycles. The van der Waals surface area contributed by atoms with Crippen LogP contribution in [-0.2, 0) is 4.74 Å². The van der Waals surface area contributed by atoms with E-state index in [0.717, 1.165) is 0 Å². The van der Waals surface area contributed by atoms with Crippen molar-refractivity contribution in [3.05, 3.63) is 12.7 Å². The Morgan fingerprint density at radius 2 is 2.50 bits per heavy atom. The SMILES string of the molecule is C=CCOC(C)[C@@H](O)C#N. The molecule has 0 radical (unpaired) electrons. The van der Waals surface area contributed by atoms with Crippen molar-refractivity contribution in [3.8, 4) is 6.07 Å². The lowest BCUT2D eigenvalue weighted by Crippen LogP contribution is -2.24. The summed E-state index contributed by atoms with van der Waals surface area (Å²) in [4.78, 5) is 0. The highest BCUT2D eigenvalue weighted by Crippen LogP contribution is 1.96. The van der Waals surface area contributed by atoms with Crippen molar-refractivity contribution >= 4 is 0 Å². The van der Waals surface area contributed by atoms with Crippen molar-refractivity contribution in [2.24, 2.45) is 0 Å². The molecule has 0 saturated heterocycles. The molecule has 0 aromatic heterocycles. The van der Waals surface area contributed by atoms with Crippen LogP contribution < -0.4 is 0 Å². The van der Waals surface area contributed by atoms with Crippen molar-refractivity contribution in [1.29, 1.82) is 5.26 Å². The van der Waals surface area contributed by atoms with Gasteiger partial charge in [0.25, 0.3) is 0 Å². The number of hydrogen-bond acceptors (Lipinski definition) is 3. The maximum Gasteiger partial charge on any atom is 0.166 e. The molecule has 0 amide bonds. The fourth-order valence-electron chi connectivity index (χ4n) is 0.416. The molecule has 10 heavy (non-hydrogen) atoms. The van der Waals surface area contributed by atoms with Crippen LogP contribution in [0.5, 0.6) is 0 Å². The Morgan fingerprint density at radius 1 is 1.90 bits per heavy atom. The molecule has 0 rings (SSSR count). The normalized spacial score (nSPS) is 15.3. The van der Waals surface area contributed by atoms with E-state index in [9.17, 15) is 0 Å². The van der Waals surface area contributed by atoms with Gasteiger partial charge in [-0.3, -0.25) is 0 Å². The minimum atomic E-state index is -1.04. The van der Waals surface area contributed by atoms with Gasteiger partial charge in [-0.1, -0.05) is 6.08 Å². The van der Waals surface area contributed by atoms with Gasteiger partial charge >= 0.3 is 0 Å². The van der Waals surface area contributed by atoms with Crippen LogP contribution in [0.15, 0.2) is 12.7 Å². The number of aliphatic hydroxyl groups is 1. The number of nitrogens with zero attached hydrogens (tertiary/aromatic N) is 1. The number of ether oxygens (including phenoxy) is 1. The van der Waals surface area contributed by atoms with E-state index in [4.69, 9.17) is 15.1 Å². The van der Waals surface area contributed by atoms with Crippen LogP contribution >= 0.6 is 0 Å². The minimum absolute atomic E-state index is 0.361. The van der Waals surface area contributed by atoms with Gasteiger partial charge in [0, 0.05) is 0 Å². The molecule has 0 aromatic carbocycles. The monoisotopic (exact) mass is 141 g/mol. The molecule has 3 heteroatoms. The van der Waals surface area contributed by atoms with Crippen LogP contribution in [0.4, 0.5) is 0 Å². The van der Waals surface area contributed by atoms with E-state index in [1.807, 2.05) is 0 Å². The van der Waals surface area contributed by atoms with Gasteiger partial charge in [0.1, 0.15) is 0 Å². The lowest BCUT2D eigenvalue weighted by molar-refractivity contribution is 0.0106. The van der Waals surface area contributed by atoms with Gasteiger partial charge in [-0.15, -0.1) is 6.58 Å². The molecule has 3 nitrogen and oxygen atoms in total. The summed E-state index contributed by atoms with van der Waals surface area (Å²) >= 11 is 0. The van der Waals surface area contributed by atoms with Crippen LogP contribution in [0, 0.1) is 11.3 Å². The standard InChI is InChI=1S/C7H11NO2/c1-3-4-10-6(2)7(9)5-8/h3,6-7,9H,1,4H2,2H3/t6?,7-/m0/s1. The Kier molecular flexibility index (Phi) is 4.55. The second-order valence-electron chi connectivity index (χ2n) is 1.90. The van der Waals surface area contributed by atoms with E-state index in [1.165, 1.54) is 0 Å². The number of nitriles is 1. The third-order valence-corrected chi connectivity index (χ3v) is 1.05. The lowest BCUT2D eigenvalue weighted by atomic mass is 10.2. The average Bonchev–Trinajstić information content (AvgIpc) is 1.98. The topological polar surface area (TPSA) is 53.2 Å². The molecule has 0 aliphatic carbocycles. The zero-order valence-electron chi connectivity index (χ0n) is 5.95. The van der Waals surface area contributed by atoms with Gasteiger partial charge in [0.2, 0.25) is 0 Å². The van der Waals surface area contributed by atoms with E-state index in [2.05, 4.69) is 6.58 Å². The maximum atomic E-state index is 8.83. The van der Waals surface area contributed by atoms with Crippen LogP contribution in [0.25, 0.3) is 0 Å². The van der Waals surface area contributed by atoms with Gasteiger partial charge in [0.05, 0.1) is 18.8 Å². The molecule has 0 spiro atoms. The average molecular weight is 141 g/mol. The van der Waals surface area contributed by atoms with Crippen LogP contribution in [0.2, 0.25) is 0 Å². The molecule has 56 valence electrons. The summed E-state index contributed by atoms with van der Waals surface area (Å²) in [6.45, 7) is 5.43. The first-order valence-electron chi connectivity index (χ1n) is 3.02. The Bertz CT molecular complexity index is 139. The fourth-order valence-corrected chi connectivity index (χ4v) is 0.416. The Hall–Kier alpha value is -0.850. The van der Waals surface area contributed by atoms with Crippen molar-refractivity contribution in [1.82, 2.24) is 0 Å². The molecule has 1 N–H and O–H groups in total. The lowest BCUT2D eigenvalue weighted by Gasteiger charge is -2.11. The van der Waals surface area contributed by atoms with Gasteiger partial charge in [-0.05, 0) is 6.92 Å². The third kappa shape index (κ3) is 3.23. The summed E-state index contributed by atoms with van der Waals surface area (Å²) < 4.78 is 4.95. The van der Waals surface area contributed by atoms with E-state index < -0.39 is 12.2 Å². The van der Waals surface area contributed by atoms with E-state index in [-0.39, 0.29) is 0 Å². The number of hydrogen-bond donors (Lipinski definition) is 1. The summed E-state index contributed by atoms with van der Waals surface area (Å²) in [7, 11) is 0. The summed E-state index contributed by atoms with van der Waals surface area (Å²) in [5.41, 5.74) is 0. The van der Waals surface area contributed by atoms with Crippen LogP contribution in [0.3, 0.4) is 0 Å². The predicted octanol–water partition coefficient (Wildman–Crippen LogP) is 0.462. The van der Waals surface area contributed by atoms with E-state index in [0.29, 0.717) is 6.61 Å². The van der Waals surface area contributed by atoms with E-state index >= 15 is 0 Å². The summed E-state index contributed by atoms with van der Waals surface area (Å²) in [5.74, 6) is 0. The Labute approximate surface area is 60.5 Å². The largest absolute Gasteiger partial charge is 0.375 e. The quantitative estimate of drug-likeness (QED) is 0.457. The van der Waals surface area contributed by atoms with Crippen molar-refractivity contribution in [3.63, 3.8) is 0 Å².